The summed E-state index contributed by atoms with van der Waals surface area (Å²) in [5.41, 5.74) is 5.76. The third-order valence-electron chi connectivity index (χ3n) is 4.11. The molecule has 1 amide bonds. The summed E-state index contributed by atoms with van der Waals surface area (Å²) < 4.78 is 5.61. The van der Waals surface area contributed by atoms with E-state index in [-0.39, 0.29) is 5.91 Å². The molecule has 5 nitrogen and oxygen atoms in total. The molecule has 2 aromatic carbocycles. The van der Waals surface area contributed by atoms with E-state index in [9.17, 15) is 4.79 Å². The quantitative estimate of drug-likeness (QED) is 0.581. The topological polar surface area (TPSA) is 53.9 Å². The molecule has 0 unspecified atom stereocenters. The number of aryl methyl sites for hydroxylation is 1. The predicted molar refractivity (Wildman–Crippen MR) is 107 cm³/mol. The molecule has 0 saturated carbocycles. The molecule has 2 rings (SSSR count). The second-order valence-corrected chi connectivity index (χ2v) is 6.07. The number of amides is 1. The Balaban J connectivity index is 1.86. The van der Waals surface area contributed by atoms with Crippen LogP contribution in [0.15, 0.2) is 53.6 Å². The molecule has 0 aromatic heterocycles. The average Bonchev–Trinajstić information content (AvgIpc) is 2.65. The number of ether oxygens (including phenoxy) is 1. The highest BCUT2D eigenvalue weighted by molar-refractivity contribution is 5.84. The maximum absolute atomic E-state index is 12.1. The van der Waals surface area contributed by atoms with Gasteiger partial charge < -0.3 is 9.64 Å². The van der Waals surface area contributed by atoms with E-state index in [0.717, 1.165) is 24.2 Å². The zero-order chi connectivity index (χ0) is 18.9. The van der Waals surface area contributed by atoms with E-state index in [1.165, 1.54) is 5.69 Å². The fourth-order valence-electron chi connectivity index (χ4n) is 2.50. The first-order valence-electron chi connectivity index (χ1n) is 8.94. The fraction of sp³-hybridized carbons (Fsp3) is 0.333. The Kier molecular flexibility index (Phi) is 7.21. The molecule has 0 spiro atoms. The van der Waals surface area contributed by atoms with Crippen LogP contribution in [-0.2, 0) is 4.79 Å². The predicted octanol–water partition coefficient (Wildman–Crippen LogP) is 3.76. The van der Waals surface area contributed by atoms with Crippen LogP contribution in [0.3, 0.4) is 0 Å². The molecule has 0 fully saturated rings. The van der Waals surface area contributed by atoms with Gasteiger partial charge in [-0.3, -0.25) is 4.79 Å². The van der Waals surface area contributed by atoms with Crippen molar-refractivity contribution in [1.29, 1.82) is 0 Å². The number of nitrogens with zero attached hydrogens (tertiary/aromatic N) is 2. The minimum absolute atomic E-state index is 0.290. The highest BCUT2D eigenvalue weighted by Crippen LogP contribution is 2.14. The monoisotopic (exact) mass is 353 g/mol. The summed E-state index contributed by atoms with van der Waals surface area (Å²) in [5.74, 6) is 0.371. The fourth-order valence-corrected chi connectivity index (χ4v) is 2.50. The van der Waals surface area contributed by atoms with Gasteiger partial charge in [0.05, 0.1) is 6.21 Å². The molecule has 26 heavy (non-hydrogen) atoms. The van der Waals surface area contributed by atoms with Crippen molar-refractivity contribution in [3.63, 3.8) is 0 Å². The lowest BCUT2D eigenvalue weighted by atomic mass is 10.2. The molecule has 0 saturated heterocycles. The molecular weight excluding hydrogens is 326 g/mol. The van der Waals surface area contributed by atoms with Gasteiger partial charge in [0.2, 0.25) is 0 Å². The number of benzene rings is 2. The van der Waals surface area contributed by atoms with E-state index < -0.39 is 6.10 Å². The van der Waals surface area contributed by atoms with Crippen molar-refractivity contribution in [2.75, 3.05) is 18.0 Å². The van der Waals surface area contributed by atoms with E-state index in [4.69, 9.17) is 4.74 Å². The molecule has 2 aromatic rings. The van der Waals surface area contributed by atoms with E-state index in [1.807, 2.05) is 43.3 Å². The second kappa shape index (κ2) is 9.61. The van der Waals surface area contributed by atoms with Crippen LogP contribution in [0.25, 0.3) is 0 Å². The van der Waals surface area contributed by atoms with E-state index in [2.05, 4.69) is 41.4 Å². The summed E-state index contributed by atoms with van der Waals surface area (Å²) in [4.78, 5) is 14.3. The summed E-state index contributed by atoms with van der Waals surface area (Å²) in [6.07, 6.45) is 1.00. The Morgan fingerprint density at radius 2 is 1.73 bits per heavy atom. The average molecular weight is 353 g/mol. The number of rotatable bonds is 8. The zero-order valence-corrected chi connectivity index (χ0v) is 15.9. The molecule has 1 atom stereocenters. The second-order valence-electron chi connectivity index (χ2n) is 6.07. The molecule has 0 radical (unpaired) electrons. The lowest BCUT2D eigenvalue weighted by Crippen LogP contribution is -2.33. The molecule has 1 N–H and O–H groups in total. The maximum atomic E-state index is 12.1. The number of anilines is 1. The van der Waals surface area contributed by atoms with Crippen molar-refractivity contribution in [3.8, 4) is 5.75 Å². The van der Waals surface area contributed by atoms with Gasteiger partial charge in [-0.05, 0) is 57.5 Å². The van der Waals surface area contributed by atoms with Crippen LogP contribution in [-0.4, -0.2) is 31.3 Å². The largest absolute Gasteiger partial charge is 0.481 e. The van der Waals surface area contributed by atoms with Crippen molar-refractivity contribution in [1.82, 2.24) is 5.43 Å². The van der Waals surface area contributed by atoms with Crippen molar-refractivity contribution in [2.24, 2.45) is 5.10 Å². The van der Waals surface area contributed by atoms with E-state index in [0.29, 0.717) is 5.75 Å². The van der Waals surface area contributed by atoms with E-state index in [1.54, 1.807) is 13.1 Å². The molecule has 0 aliphatic carbocycles. The molecule has 0 aliphatic heterocycles. The zero-order valence-electron chi connectivity index (χ0n) is 15.9. The van der Waals surface area contributed by atoms with Gasteiger partial charge in [0, 0.05) is 18.8 Å². The van der Waals surface area contributed by atoms with Gasteiger partial charge in [-0.15, -0.1) is 0 Å². The molecule has 0 bridgehead atoms. The first-order chi connectivity index (χ1) is 12.5. The molecular formula is C21H27N3O2. The standard InChI is InChI=1S/C21H27N3O2/c1-5-24(6-2)19-11-9-18(10-12-19)15-22-23-21(25)17(4)26-20-13-7-16(3)8-14-20/h7-15,17H,5-6H2,1-4H3,(H,23,25)/b22-15-/t17-/m0/s1. The van der Waals surface area contributed by atoms with Gasteiger partial charge in [-0.25, -0.2) is 5.43 Å². The smallest absolute Gasteiger partial charge is 0.280 e. The van der Waals surface area contributed by atoms with Crippen LogP contribution in [0.5, 0.6) is 5.75 Å². The SMILES string of the molecule is CCN(CC)c1ccc(/C=N\NC(=O)[C@H](C)Oc2ccc(C)cc2)cc1. The Bertz CT molecular complexity index is 720. The van der Waals surface area contributed by atoms with Crippen molar-refractivity contribution >= 4 is 17.8 Å². The van der Waals surface area contributed by atoms with Crippen molar-refractivity contribution < 1.29 is 9.53 Å². The number of carbonyl (C=O) groups excluding carboxylic acids is 1. The van der Waals surface area contributed by atoms with Crippen molar-refractivity contribution in [2.45, 2.75) is 33.8 Å². The number of carbonyl (C=O) groups is 1. The summed E-state index contributed by atoms with van der Waals surface area (Å²) in [5, 5.41) is 4.02. The van der Waals surface area contributed by atoms with Crippen LogP contribution >= 0.6 is 0 Å². The molecule has 138 valence electrons. The lowest BCUT2D eigenvalue weighted by Gasteiger charge is -2.20. The number of nitrogens with one attached hydrogen (secondary N) is 1. The van der Waals surface area contributed by atoms with Crippen LogP contribution in [0.2, 0.25) is 0 Å². The van der Waals surface area contributed by atoms with Crippen LogP contribution in [0, 0.1) is 6.92 Å². The van der Waals surface area contributed by atoms with Gasteiger partial charge in [-0.1, -0.05) is 29.8 Å². The van der Waals surface area contributed by atoms with Crippen LogP contribution < -0.4 is 15.1 Å². The third-order valence-corrected chi connectivity index (χ3v) is 4.11. The molecule has 0 aliphatic rings. The summed E-state index contributed by atoms with van der Waals surface area (Å²) >= 11 is 0. The highest BCUT2D eigenvalue weighted by Gasteiger charge is 2.13. The van der Waals surface area contributed by atoms with E-state index >= 15 is 0 Å². The van der Waals surface area contributed by atoms with Gasteiger partial charge in [0.1, 0.15) is 5.75 Å². The van der Waals surface area contributed by atoms with Crippen molar-refractivity contribution in [3.05, 3.63) is 59.7 Å². The number of hydrogen-bond acceptors (Lipinski definition) is 4. The molecule has 0 heterocycles. The minimum Gasteiger partial charge on any atom is -0.481 e. The summed E-state index contributed by atoms with van der Waals surface area (Å²) in [6.45, 7) is 9.91. The Labute approximate surface area is 155 Å². The first kappa shape index (κ1) is 19.5. The Morgan fingerprint density at radius 3 is 2.31 bits per heavy atom. The van der Waals surface area contributed by atoms with Gasteiger partial charge in [0.25, 0.3) is 5.91 Å². The Morgan fingerprint density at radius 1 is 1.12 bits per heavy atom. The number of hydrazone groups is 1. The summed E-state index contributed by atoms with van der Waals surface area (Å²) in [7, 11) is 0. The third kappa shape index (κ3) is 5.62. The molecule has 5 heteroatoms. The van der Waals surface area contributed by atoms with Gasteiger partial charge in [0.15, 0.2) is 6.10 Å². The lowest BCUT2D eigenvalue weighted by molar-refractivity contribution is -0.127. The number of hydrogen-bond donors (Lipinski definition) is 1. The highest BCUT2D eigenvalue weighted by atomic mass is 16.5. The van der Waals surface area contributed by atoms with Crippen LogP contribution in [0.4, 0.5) is 5.69 Å². The van der Waals surface area contributed by atoms with Gasteiger partial charge in [-0.2, -0.15) is 5.10 Å². The normalized spacial score (nSPS) is 12.0. The summed E-state index contributed by atoms with van der Waals surface area (Å²) in [6, 6.07) is 15.7. The minimum atomic E-state index is -0.625. The van der Waals surface area contributed by atoms with Crippen LogP contribution in [0.1, 0.15) is 31.9 Å². The maximum Gasteiger partial charge on any atom is 0.280 e. The Hall–Kier alpha value is -2.82. The van der Waals surface area contributed by atoms with Gasteiger partial charge >= 0.3 is 0 Å². The first-order valence-corrected chi connectivity index (χ1v) is 8.94.